The summed E-state index contributed by atoms with van der Waals surface area (Å²) in [6.07, 6.45) is 4.66. The summed E-state index contributed by atoms with van der Waals surface area (Å²) in [4.78, 5) is 15.8. The number of nitrogens with zero attached hydrogens (tertiary/aromatic N) is 2. The molecule has 0 radical (unpaired) electrons. The highest BCUT2D eigenvalue weighted by Gasteiger charge is 2.16. The Hall–Kier alpha value is -3.11. The lowest BCUT2D eigenvalue weighted by molar-refractivity contribution is -0.113. The average molecular weight is 393 g/mol. The van der Waals surface area contributed by atoms with Crippen LogP contribution in [-0.2, 0) is 11.3 Å². The van der Waals surface area contributed by atoms with E-state index in [4.69, 9.17) is 11.6 Å². The maximum atomic E-state index is 11.6. The van der Waals surface area contributed by atoms with Crippen molar-refractivity contribution < 1.29 is 9.90 Å². The van der Waals surface area contributed by atoms with Crippen LogP contribution >= 0.6 is 11.6 Å². The topological polar surface area (TPSA) is 55.1 Å². The summed E-state index contributed by atoms with van der Waals surface area (Å²) >= 11 is 6.30. The smallest absolute Gasteiger partial charge is 0.219 e. The number of carbonyl (C=O) groups is 1. The summed E-state index contributed by atoms with van der Waals surface area (Å²) in [5.74, 6) is -0.364. The molecule has 0 saturated heterocycles. The van der Waals surface area contributed by atoms with Gasteiger partial charge in [0.25, 0.3) is 0 Å². The van der Waals surface area contributed by atoms with Gasteiger partial charge in [-0.3, -0.25) is 4.79 Å². The van der Waals surface area contributed by atoms with Gasteiger partial charge in [-0.05, 0) is 23.6 Å². The number of aliphatic hydroxyl groups excluding tert-OH is 1. The molecule has 0 atom stereocenters. The standard InChI is InChI=1S/C23H21ClN2O2/c1-2-20(27)21(28)15-23-25-16-22(24)26(23)14-13-19(17-9-5-3-6-10-17)18-11-7-4-8-12-18/h2-12,15-16,19,28H,1,13-14H2/b21-15-. The number of benzene rings is 2. The summed E-state index contributed by atoms with van der Waals surface area (Å²) < 4.78 is 1.78. The molecule has 1 aromatic heterocycles. The van der Waals surface area contributed by atoms with Crippen LogP contribution in [0.4, 0.5) is 0 Å². The first-order chi connectivity index (χ1) is 13.6. The van der Waals surface area contributed by atoms with Gasteiger partial charge in [0.05, 0.1) is 6.20 Å². The van der Waals surface area contributed by atoms with E-state index in [2.05, 4.69) is 35.8 Å². The lowest BCUT2D eigenvalue weighted by Crippen LogP contribution is -2.09. The number of rotatable bonds is 8. The van der Waals surface area contributed by atoms with Crippen LogP contribution in [0, 0.1) is 0 Å². The molecular formula is C23H21ClN2O2. The Bertz CT molecular complexity index is 939. The average Bonchev–Trinajstić information content (AvgIpc) is 3.08. The predicted octanol–water partition coefficient (Wildman–Crippen LogP) is 5.41. The minimum absolute atomic E-state index is 0.182. The zero-order valence-electron chi connectivity index (χ0n) is 15.3. The fraction of sp³-hybridized carbons (Fsp3) is 0.130. The summed E-state index contributed by atoms with van der Waals surface area (Å²) in [5, 5.41) is 10.3. The highest BCUT2D eigenvalue weighted by molar-refractivity contribution is 6.29. The van der Waals surface area contributed by atoms with E-state index >= 15 is 0 Å². The predicted molar refractivity (Wildman–Crippen MR) is 112 cm³/mol. The molecule has 1 N–H and O–H groups in total. The second-order valence-electron chi connectivity index (χ2n) is 6.35. The van der Waals surface area contributed by atoms with Crippen molar-refractivity contribution >= 4 is 23.5 Å². The van der Waals surface area contributed by atoms with E-state index in [1.54, 1.807) is 4.57 Å². The van der Waals surface area contributed by atoms with Gasteiger partial charge in [0.15, 0.2) is 5.76 Å². The molecule has 0 amide bonds. The molecule has 4 nitrogen and oxygen atoms in total. The number of hydrogen-bond acceptors (Lipinski definition) is 3. The van der Waals surface area contributed by atoms with Gasteiger partial charge in [-0.1, -0.05) is 78.8 Å². The highest BCUT2D eigenvalue weighted by atomic mass is 35.5. The van der Waals surface area contributed by atoms with Crippen molar-refractivity contribution in [3.8, 4) is 0 Å². The Kier molecular flexibility index (Phi) is 6.45. The van der Waals surface area contributed by atoms with Crippen LogP contribution in [0.3, 0.4) is 0 Å². The fourth-order valence-corrected chi connectivity index (χ4v) is 3.38. The van der Waals surface area contributed by atoms with Crippen molar-refractivity contribution in [3.63, 3.8) is 0 Å². The van der Waals surface area contributed by atoms with E-state index in [1.807, 2.05) is 36.4 Å². The van der Waals surface area contributed by atoms with Gasteiger partial charge >= 0.3 is 0 Å². The maximum absolute atomic E-state index is 11.6. The van der Waals surface area contributed by atoms with Gasteiger partial charge in [0.1, 0.15) is 11.0 Å². The minimum Gasteiger partial charge on any atom is -0.504 e. The van der Waals surface area contributed by atoms with Crippen LogP contribution in [0.15, 0.2) is 85.3 Å². The molecule has 0 fully saturated rings. The van der Waals surface area contributed by atoms with Crippen LogP contribution in [-0.4, -0.2) is 20.4 Å². The lowest BCUT2D eigenvalue weighted by Gasteiger charge is -2.19. The number of aromatic nitrogens is 2. The Balaban J connectivity index is 1.88. The molecular weight excluding hydrogens is 372 g/mol. The Morgan fingerprint density at radius 2 is 1.68 bits per heavy atom. The van der Waals surface area contributed by atoms with Gasteiger partial charge in [-0.15, -0.1) is 0 Å². The van der Waals surface area contributed by atoms with Gasteiger partial charge < -0.3 is 9.67 Å². The van der Waals surface area contributed by atoms with E-state index in [9.17, 15) is 9.90 Å². The Morgan fingerprint density at radius 3 is 2.21 bits per heavy atom. The largest absolute Gasteiger partial charge is 0.504 e. The number of hydrogen-bond donors (Lipinski definition) is 1. The molecule has 0 aliphatic carbocycles. The molecule has 2 aromatic carbocycles. The second-order valence-corrected chi connectivity index (χ2v) is 6.74. The molecule has 0 saturated carbocycles. The quantitative estimate of drug-likeness (QED) is 0.411. The molecule has 0 aliphatic rings. The number of carbonyl (C=O) groups excluding carboxylic acids is 1. The first-order valence-corrected chi connectivity index (χ1v) is 9.36. The van der Waals surface area contributed by atoms with E-state index in [0.29, 0.717) is 17.5 Å². The monoisotopic (exact) mass is 392 g/mol. The molecule has 0 bridgehead atoms. The molecule has 142 valence electrons. The van der Waals surface area contributed by atoms with Crippen LogP contribution < -0.4 is 0 Å². The van der Waals surface area contributed by atoms with Crippen molar-refractivity contribution in [2.24, 2.45) is 0 Å². The molecule has 3 aromatic rings. The number of imidazole rings is 1. The van der Waals surface area contributed by atoms with Crippen LogP contribution in [0.1, 0.15) is 29.3 Å². The van der Waals surface area contributed by atoms with Crippen molar-refractivity contribution in [3.05, 3.63) is 107 Å². The molecule has 1 heterocycles. The third-order valence-corrected chi connectivity index (χ3v) is 4.89. The third-order valence-electron chi connectivity index (χ3n) is 4.59. The molecule has 0 aliphatic heterocycles. The van der Waals surface area contributed by atoms with Crippen molar-refractivity contribution in [2.75, 3.05) is 0 Å². The SMILES string of the molecule is C=CC(=O)/C(O)=C/c1ncc(Cl)n1CCC(c1ccccc1)c1ccccc1. The van der Waals surface area contributed by atoms with E-state index in [1.165, 1.54) is 23.4 Å². The Morgan fingerprint density at radius 1 is 1.11 bits per heavy atom. The van der Waals surface area contributed by atoms with Crippen molar-refractivity contribution in [1.82, 2.24) is 9.55 Å². The normalized spacial score (nSPS) is 11.6. The number of aliphatic hydroxyl groups is 1. The number of allylic oxidation sites excluding steroid dienone is 1. The highest BCUT2D eigenvalue weighted by Crippen LogP contribution is 2.29. The number of ketones is 1. The first kappa shape index (κ1) is 19.6. The summed E-state index contributed by atoms with van der Waals surface area (Å²) in [5.41, 5.74) is 2.43. The second kappa shape index (κ2) is 9.20. The summed E-state index contributed by atoms with van der Waals surface area (Å²) in [6.45, 7) is 3.95. The minimum atomic E-state index is -0.558. The van der Waals surface area contributed by atoms with Crippen molar-refractivity contribution in [2.45, 2.75) is 18.9 Å². The number of halogens is 1. The van der Waals surface area contributed by atoms with Gasteiger partial charge in [-0.25, -0.2) is 4.98 Å². The maximum Gasteiger partial charge on any atom is 0.219 e. The first-order valence-electron chi connectivity index (χ1n) is 8.98. The van der Waals surface area contributed by atoms with Crippen LogP contribution in [0.5, 0.6) is 0 Å². The molecule has 0 spiro atoms. The van der Waals surface area contributed by atoms with E-state index in [-0.39, 0.29) is 5.92 Å². The fourth-order valence-electron chi connectivity index (χ4n) is 3.16. The van der Waals surface area contributed by atoms with Crippen molar-refractivity contribution in [1.29, 1.82) is 0 Å². The summed E-state index contributed by atoms with van der Waals surface area (Å²) in [6, 6.07) is 20.6. The van der Waals surface area contributed by atoms with Crippen LogP contribution in [0.25, 0.3) is 6.08 Å². The summed E-state index contributed by atoms with van der Waals surface area (Å²) in [7, 11) is 0. The van der Waals surface area contributed by atoms with E-state index < -0.39 is 11.5 Å². The van der Waals surface area contributed by atoms with Gasteiger partial charge in [0, 0.05) is 18.5 Å². The Labute approximate surface area is 169 Å². The molecule has 3 rings (SSSR count). The molecule has 0 unspecified atom stereocenters. The third kappa shape index (κ3) is 4.59. The zero-order chi connectivity index (χ0) is 19.9. The van der Waals surface area contributed by atoms with Crippen LogP contribution in [0.2, 0.25) is 5.15 Å². The lowest BCUT2D eigenvalue weighted by atomic mass is 9.88. The molecule has 28 heavy (non-hydrogen) atoms. The van der Waals surface area contributed by atoms with E-state index in [0.717, 1.165) is 12.5 Å². The molecule has 5 heteroatoms. The zero-order valence-corrected chi connectivity index (χ0v) is 16.1. The van der Waals surface area contributed by atoms with Gasteiger partial charge in [-0.2, -0.15) is 0 Å². The van der Waals surface area contributed by atoms with Gasteiger partial charge in [0.2, 0.25) is 5.78 Å².